The number of pyridine rings is 1. The van der Waals surface area contributed by atoms with Crippen LogP contribution in [0.4, 0.5) is 0 Å². The molecule has 1 aromatic heterocycles. The Hall–Kier alpha value is -3.20. The first-order valence-electron chi connectivity index (χ1n) is 6.61. The summed E-state index contributed by atoms with van der Waals surface area (Å²) in [6.45, 7) is 1.74. The highest BCUT2D eigenvalue weighted by atomic mass is 16.5. The first-order chi connectivity index (χ1) is 10.5. The van der Waals surface area contributed by atoms with Gasteiger partial charge >= 0.3 is 0 Å². The topological polar surface area (TPSA) is 112 Å². The van der Waals surface area contributed by atoms with Crippen LogP contribution in [0.15, 0.2) is 46.6 Å². The summed E-state index contributed by atoms with van der Waals surface area (Å²) in [4.78, 5) is 15.1. The largest absolute Gasteiger partial charge is 0.508 e. The lowest BCUT2D eigenvalue weighted by molar-refractivity contribution is 0.391. The number of aromatic amines is 1. The molecular formula is C16H13N3O3. The molecule has 1 aliphatic heterocycles. The van der Waals surface area contributed by atoms with Crippen LogP contribution in [0.25, 0.3) is 0 Å². The SMILES string of the molecule is Cc1cc2c(c(=O)[nH]1)[C@H](c1ccc(O)cc1)C(C#N)=C(N)O2. The Balaban J connectivity index is 2.29. The summed E-state index contributed by atoms with van der Waals surface area (Å²) in [7, 11) is 0. The van der Waals surface area contributed by atoms with Crippen molar-refractivity contribution in [2.24, 2.45) is 5.73 Å². The number of phenolic OH excluding ortho intramolecular Hbond substituents is 1. The molecule has 1 aromatic carbocycles. The van der Waals surface area contributed by atoms with Gasteiger partial charge in [-0.1, -0.05) is 12.1 Å². The summed E-state index contributed by atoms with van der Waals surface area (Å²) < 4.78 is 5.44. The van der Waals surface area contributed by atoms with Gasteiger partial charge in [0.2, 0.25) is 5.88 Å². The first kappa shape index (κ1) is 13.8. The molecule has 0 aliphatic carbocycles. The lowest BCUT2D eigenvalue weighted by Crippen LogP contribution is -2.27. The number of phenols is 1. The van der Waals surface area contributed by atoms with Crippen LogP contribution in [-0.4, -0.2) is 10.1 Å². The molecule has 4 N–H and O–H groups in total. The minimum absolute atomic E-state index is 0.0157. The summed E-state index contributed by atoms with van der Waals surface area (Å²) in [5.74, 6) is -0.197. The van der Waals surface area contributed by atoms with Gasteiger partial charge in [-0.2, -0.15) is 5.26 Å². The Kier molecular flexibility index (Phi) is 3.11. The molecule has 0 spiro atoms. The standard InChI is InChI=1S/C16H13N3O3/c1-8-6-12-14(16(21)19-8)13(11(7-17)15(18)22-12)9-2-4-10(20)5-3-9/h2-6,13,20H,18H2,1H3,(H,19,21)/t13-/m1/s1. The summed E-state index contributed by atoms with van der Waals surface area (Å²) in [6, 6.07) is 9.99. The van der Waals surface area contributed by atoms with E-state index in [1.165, 1.54) is 12.1 Å². The number of allylic oxidation sites excluding steroid dienone is 1. The van der Waals surface area contributed by atoms with Crippen LogP contribution in [0.1, 0.15) is 22.7 Å². The number of nitrogens with two attached hydrogens (primary N) is 1. The highest BCUT2D eigenvalue weighted by Gasteiger charge is 2.33. The van der Waals surface area contributed by atoms with Crippen LogP contribution < -0.4 is 16.0 Å². The van der Waals surface area contributed by atoms with E-state index in [1.807, 2.05) is 6.07 Å². The molecule has 1 atom stereocenters. The Morgan fingerprint density at radius 2 is 2.05 bits per heavy atom. The Bertz CT molecular complexity index is 873. The van der Waals surface area contributed by atoms with E-state index in [9.17, 15) is 15.2 Å². The highest BCUT2D eigenvalue weighted by molar-refractivity contribution is 5.55. The third-order valence-electron chi connectivity index (χ3n) is 3.58. The quantitative estimate of drug-likeness (QED) is 0.740. The van der Waals surface area contributed by atoms with Crippen molar-refractivity contribution in [1.29, 1.82) is 5.26 Å². The van der Waals surface area contributed by atoms with Crippen molar-refractivity contribution >= 4 is 0 Å². The normalized spacial score (nSPS) is 16.6. The number of aryl methyl sites for hydroxylation is 1. The van der Waals surface area contributed by atoms with Crippen LogP contribution in [0.2, 0.25) is 0 Å². The number of H-pyrrole nitrogens is 1. The summed E-state index contributed by atoms with van der Waals surface area (Å²) in [5.41, 5.74) is 7.34. The number of hydrogen-bond donors (Lipinski definition) is 3. The molecule has 0 saturated heterocycles. The first-order valence-corrected chi connectivity index (χ1v) is 6.61. The number of nitrogens with one attached hydrogen (secondary N) is 1. The number of aromatic hydroxyl groups is 1. The predicted molar refractivity (Wildman–Crippen MR) is 79.2 cm³/mol. The number of nitrogens with zero attached hydrogens (tertiary/aromatic N) is 1. The number of fused-ring (bicyclic) bond motifs is 1. The van der Waals surface area contributed by atoms with E-state index in [-0.39, 0.29) is 22.8 Å². The molecular weight excluding hydrogens is 282 g/mol. The molecule has 3 rings (SSSR count). The van der Waals surface area contributed by atoms with Gasteiger partial charge in [-0.15, -0.1) is 0 Å². The fourth-order valence-corrected chi connectivity index (χ4v) is 2.61. The molecule has 0 amide bonds. The van der Waals surface area contributed by atoms with E-state index in [4.69, 9.17) is 10.5 Å². The Labute approximate surface area is 126 Å². The zero-order valence-corrected chi connectivity index (χ0v) is 11.8. The number of benzene rings is 1. The van der Waals surface area contributed by atoms with Crippen molar-refractivity contribution in [3.05, 3.63) is 69.0 Å². The van der Waals surface area contributed by atoms with E-state index >= 15 is 0 Å². The number of hydrogen-bond acceptors (Lipinski definition) is 5. The molecule has 6 nitrogen and oxygen atoms in total. The van der Waals surface area contributed by atoms with Crippen LogP contribution >= 0.6 is 0 Å². The molecule has 0 bridgehead atoms. The zero-order chi connectivity index (χ0) is 15.9. The molecule has 0 fully saturated rings. The maximum Gasteiger partial charge on any atom is 0.256 e. The Morgan fingerprint density at radius 3 is 2.68 bits per heavy atom. The number of aromatic nitrogens is 1. The molecule has 2 heterocycles. The fourth-order valence-electron chi connectivity index (χ4n) is 2.61. The van der Waals surface area contributed by atoms with Gasteiger partial charge in [-0.05, 0) is 24.6 Å². The summed E-state index contributed by atoms with van der Waals surface area (Å²) in [5, 5.41) is 18.8. The maximum atomic E-state index is 12.3. The smallest absolute Gasteiger partial charge is 0.256 e. The van der Waals surface area contributed by atoms with Gasteiger partial charge in [0.1, 0.15) is 23.1 Å². The lowest BCUT2D eigenvalue weighted by Gasteiger charge is -2.25. The molecule has 1 aliphatic rings. The summed E-state index contributed by atoms with van der Waals surface area (Å²) >= 11 is 0. The van der Waals surface area contributed by atoms with Crippen molar-refractivity contribution < 1.29 is 9.84 Å². The van der Waals surface area contributed by atoms with Gasteiger partial charge in [0.05, 0.1) is 11.5 Å². The minimum atomic E-state index is -0.626. The number of rotatable bonds is 1. The van der Waals surface area contributed by atoms with Crippen molar-refractivity contribution in [2.45, 2.75) is 12.8 Å². The number of nitriles is 1. The Morgan fingerprint density at radius 1 is 1.36 bits per heavy atom. The van der Waals surface area contributed by atoms with Gasteiger partial charge < -0.3 is 20.6 Å². The van der Waals surface area contributed by atoms with Crippen molar-refractivity contribution in [1.82, 2.24) is 4.98 Å². The molecule has 6 heteroatoms. The third kappa shape index (κ3) is 2.09. The second kappa shape index (κ2) is 4.97. The molecule has 0 saturated carbocycles. The molecule has 110 valence electrons. The van der Waals surface area contributed by atoms with Gasteiger partial charge in [-0.3, -0.25) is 4.79 Å². The van der Waals surface area contributed by atoms with E-state index < -0.39 is 5.92 Å². The summed E-state index contributed by atoms with van der Waals surface area (Å²) in [6.07, 6.45) is 0. The van der Waals surface area contributed by atoms with Crippen LogP contribution in [0.5, 0.6) is 11.5 Å². The van der Waals surface area contributed by atoms with Gasteiger partial charge in [0.25, 0.3) is 5.56 Å². The van der Waals surface area contributed by atoms with Crippen LogP contribution in [0.3, 0.4) is 0 Å². The molecule has 2 aromatic rings. The van der Waals surface area contributed by atoms with Gasteiger partial charge in [0.15, 0.2) is 0 Å². The average molecular weight is 295 g/mol. The van der Waals surface area contributed by atoms with E-state index in [0.29, 0.717) is 22.6 Å². The lowest BCUT2D eigenvalue weighted by atomic mass is 9.84. The maximum absolute atomic E-state index is 12.3. The second-order valence-electron chi connectivity index (χ2n) is 5.08. The second-order valence-corrected chi connectivity index (χ2v) is 5.08. The monoisotopic (exact) mass is 295 g/mol. The minimum Gasteiger partial charge on any atom is -0.508 e. The van der Waals surface area contributed by atoms with E-state index in [1.54, 1.807) is 25.1 Å². The van der Waals surface area contributed by atoms with Gasteiger partial charge in [0, 0.05) is 11.8 Å². The van der Waals surface area contributed by atoms with Crippen molar-refractivity contribution in [2.75, 3.05) is 0 Å². The third-order valence-corrected chi connectivity index (χ3v) is 3.58. The van der Waals surface area contributed by atoms with Gasteiger partial charge in [-0.25, -0.2) is 0 Å². The van der Waals surface area contributed by atoms with Crippen LogP contribution in [0, 0.1) is 18.3 Å². The predicted octanol–water partition coefficient (Wildman–Crippen LogP) is 1.61. The zero-order valence-electron chi connectivity index (χ0n) is 11.8. The molecule has 0 unspecified atom stereocenters. The van der Waals surface area contributed by atoms with E-state index in [0.717, 1.165) is 0 Å². The average Bonchev–Trinajstić information content (AvgIpc) is 2.46. The number of ether oxygens (including phenoxy) is 1. The van der Waals surface area contributed by atoms with Crippen LogP contribution in [-0.2, 0) is 0 Å². The van der Waals surface area contributed by atoms with Crippen molar-refractivity contribution in [3.63, 3.8) is 0 Å². The highest BCUT2D eigenvalue weighted by Crippen LogP contribution is 2.40. The van der Waals surface area contributed by atoms with Crippen molar-refractivity contribution in [3.8, 4) is 17.6 Å². The van der Waals surface area contributed by atoms with E-state index in [2.05, 4.69) is 4.98 Å². The fraction of sp³-hybridized carbons (Fsp3) is 0.125. The molecule has 0 radical (unpaired) electrons. The molecule has 22 heavy (non-hydrogen) atoms.